The van der Waals surface area contributed by atoms with Gasteiger partial charge in [-0.05, 0) is 91.5 Å². The van der Waals surface area contributed by atoms with Gasteiger partial charge in [-0.15, -0.1) is 6.42 Å². The molecule has 0 N–H and O–H groups in total. The van der Waals surface area contributed by atoms with Crippen LogP contribution in [0.1, 0.15) is 58.1 Å². The van der Waals surface area contributed by atoms with Crippen molar-refractivity contribution < 1.29 is 4.74 Å². The van der Waals surface area contributed by atoms with Crippen LogP contribution in [0.15, 0.2) is 94.7 Å². The largest absolute Gasteiger partial charge is 0.412 e. The Hall–Kier alpha value is -4.23. The number of terminal acetylenes is 1. The highest BCUT2D eigenvalue weighted by Crippen LogP contribution is 2.52. The molecule has 0 amide bonds. The zero-order valence-corrected chi connectivity index (χ0v) is 26.1. The summed E-state index contributed by atoms with van der Waals surface area (Å²) in [7, 11) is 4.18. The van der Waals surface area contributed by atoms with Crippen molar-refractivity contribution in [3.05, 3.63) is 106 Å². The highest BCUT2D eigenvalue weighted by atomic mass is 35.5. The lowest BCUT2D eigenvalue weighted by Gasteiger charge is -2.41. The van der Waals surface area contributed by atoms with Gasteiger partial charge in [0.05, 0.1) is 5.41 Å². The molecule has 0 fully saturated rings. The van der Waals surface area contributed by atoms with Crippen LogP contribution in [0, 0.1) is 36.2 Å². The molecule has 1 aliphatic carbocycles. The van der Waals surface area contributed by atoms with Gasteiger partial charge in [-0.25, -0.2) is 0 Å². The number of rotatable bonds is 4. The first-order chi connectivity index (χ1) is 20.1. The highest BCUT2D eigenvalue weighted by Gasteiger charge is 2.56. The molecule has 2 aromatic rings. The molecule has 0 radical (unpaired) electrons. The summed E-state index contributed by atoms with van der Waals surface area (Å²) in [5, 5.41) is 0.808. The number of nitrogens with zero attached hydrogens (tertiary/aromatic N) is 2. The first kappa shape index (κ1) is 29.3. The summed E-state index contributed by atoms with van der Waals surface area (Å²) in [6.45, 7) is 8.93. The third kappa shape index (κ3) is 4.71. The molecule has 5 rings (SSSR count). The molecule has 0 bridgehead atoms. The molecule has 1 atom stereocenters. The van der Waals surface area contributed by atoms with Gasteiger partial charge in [0.25, 0.3) is 0 Å². The van der Waals surface area contributed by atoms with Gasteiger partial charge in [0.1, 0.15) is 6.11 Å². The van der Waals surface area contributed by atoms with Crippen LogP contribution in [0.4, 0.5) is 11.4 Å². The Kier molecular flexibility index (Phi) is 7.82. The summed E-state index contributed by atoms with van der Waals surface area (Å²) in [5.74, 6) is 10.2. The third-order valence-corrected chi connectivity index (χ3v) is 9.62. The van der Waals surface area contributed by atoms with Crippen LogP contribution in [0.3, 0.4) is 0 Å². The second-order valence-electron chi connectivity index (χ2n) is 12.1. The Labute approximate surface area is 256 Å². The quantitative estimate of drug-likeness (QED) is 0.343. The van der Waals surface area contributed by atoms with Gasteiger partial charge in [-0.3, -0.25) is 0 Å². The first-order valence-electron chi connectivity index (χ1n) is 14.4. The first-order valence-corrected chi connectivity index (χ1v) is 14.7. The van der Waals surface area contributed by atoms with Gasteiger partial charge in [-0.2, -0.15) is 0 Å². The van der Waals surface area contributed by atoms with Gasteiger partial charge in [-0.1, -0.05) is 74.0 Å². The maximum Gasteiger partial charge on any atom is 0.222 e. The van der Waals surface area contributed by atoms with Crippen LogP contribution in [0.5, 0.6) is 0 Å². The molecule has 0 saturated carbocycles. The van der Waals surface area contributed by atoms with Crippen molar-refractivity contribution in [1.29, 1.82) is 0 Å². The van der Waals surface area contributed by atoms with Crippen molar-refractivity contribution in [3.63, 3.8) is 0 Å². The van der Waals surface area contributed by atoms with E-state index in [1.807, 2.05) is 13.1 Å². The molecule has 42 heavy (non-hydrogen) atoms. The number of halogens is 1. The maximum atomic E-state index is 7.12. The normalized spacial score (nSPS) is 23.7. The molecule has 2 aromatic carbocycles. The number of anilines is 2. The minimum absolute atomic E-state index is 0.0843. The summed E-state index contributed by atoms with van der Waals surface area (Å²) in [5.41, 5.74) is 7.01. The number of likely N-dealkylation sites (N-methyl/N-ethyl adjacent to an activating group) is 2. The number of ether oxygens (including phenoxy) is 1. The summed E-state index contributed by atoms with van der Waals surface area (Å²) in [6, 6.07) is 17.0. The lowest BCUT2D eigenvalue weighted by molar-refractivity contribution is 0.0321. The minimum atomic E-state index is -0.878. The van der Waals surface area contributed by atoms with Gasteiger partial charge >= 0.3 is 0 Å². The van der Waals surface area contributed by atoms with Gasteiger partial charge in [0.2, 0.25) is 5.72 Å². The molecule has 2 aliphatic heterocycles. The number of para-hydroxylation sites is 2. The van der Waals surface area contributed by atoms with E-state index in [2.05, 4.69) is 141 Å². The van der Waals surface area contributed by atoms with Gasteiger partial charge < -0.3 is 14.5 Å². The van der Waals surface area contributed by atoms with E-state index < -0.39 is 11.1 Å². The fourth-order valence-electron chi connectivity index (χ4n) is 6.74. The van der Waals surface area contributed by atoms with Crippen molar-refractivity contribution in [2.75, 3.05) is 23.9 Å². The van der Waals surface area contributed by atoms with Crippen LogP contribution in [0.2, 0.25) is 0 Å². The maximum absolute atomic E-state index is 7.12. The van der Waals surface area contributed by atoms with E-state index in [1.54, 1.807) is 0 Å². The van der Waals surface area contributed by atoms with E-state index >= 15 is 0 Å². The Morgan fingerprint density at radius 1 is 0.881 bits per heavy atom. The van der Waals surface area contributed by atoms with E-state index in [0.29, 0.717) is 0 Å². The average molecular weight is 573 g/mol. The van der Waals surface area contributed by atoms with E-state index in [9.17, 15) is 0 Å². The molecule has 212 valence electrons. The van der Waals surface area contributed by atoms with E-state index in [0.717, 1.165) is 41.1 Å². The van der Waals surface area contributed by atoms with Gasteiger partial charge in [0.15, 0.2) is 0 Å². The zero-order chi connectivity index (χ0) is 30.1. The van der Waals surface area contributed by atoms with Crippen molar-refractivity contribution in [3.8, 4) is 36.2 Å². The van der Waals surface area contributed by atoms with Crippen LogP contribution < -0.4 is 9.80 Å². The number of fused-ring (bicyclic) bond motifs is 2. The summed E-state index contributed by atoms with van der Waals surface area (Å²) >= 11 is 7.12. The summed E-state index contributed by atoms with van der Waals surface area (Å²) in [6.07, 6.45) is 19.6. The second kappa shape index (κ2) is 11.2. The Balaban J connectivity index is 1.52. The number of benzene rings is 2. The number of hydrogen-bond donors (Lipinski definition) is 0. The van der Waals surface area contributed by atoms with Crippen molar-refractivity contribution in [2.24, 2.45) is 0 Å². The molecule has 0 spiro atoms. The third-order valence-electron chi connectivity index (χ3n) is 9.14. The summed E-state index contributed by atoms with van der Waals surface area (Å²) in [4.78, 5) is 4.44. The minimum Gasteiger partial charge on any atom is -0.412 e. The molecule has 1 unspecified atom stereocenters. The molecule has 4 heteroatoms. The monoisotopic (exact) mass is 572 g/mol. The lowest BCUT2D eigenvalue weighted by Crippen LogP contribution is -2.54. The SMILES string of the molecule is C#CC#CC#COC1(C=CC2=C(Cl)C(=CC=C3N(C)c4ccccc4C3(C)C)CCC2)N(C)c2ccccc2C1(C)C. The van der Waals surface area contributed by atoms with Crippen molar-refractivity contribution in [2.45, 2.75) is 63.5 Å². The predicted octanol–water partition coefficient (Wildman–Crippen LogP) is 8.20. The topological polar surface area (TPSA) is 15.7 Å². The van der Waals surface area contributed by atoms with E-state index in [1.165, 1.54) is 22.5 Å². The van der Waals surface area contributed by atoms with Gasteiger partial charge in [0, 0.05) is 53.5 Å². The Bertz CT molecular complexity index is 1710. The summed E-state index contributed by atoms with van der Waals surface area (Å²) < 4.78 is 6.39. The number of allylic oxidation sites excluding steroid dienone is 7. The van der Waals surface area contributed by atoms with Crippen LogP contribution in [-0.4, -0.2) is 19.8 Å². The molecule has 0 saturated heterocycles. The van der Waals surface area contributed by atoms with Crippen LogP contribution in [0.25, 0.3) is 0 Å². The Morgan fingerprint density at radius 3 is 2.26 bits per heavy atom. The Morgan fingerprint density at radius 2 is 1.57 bits per heavy atom. The van der Waals surface area contributed by atoms with E-state index in [4.69, 9.17) is 22.8 Å². The van der Waals surface area contributed by atoms with E-state index in [-0.39, 0.29) is 5.41 Å². The fraction of sp³-hybridized carbons (Fsp3) is 0.316. The molecule has 3 aliphatic rings. The fourth-order valence-corrected chi connectivity index (χ4v) is 7.05. The van der Waals surface area contributed by atoms with Crippen LogP contribution >= 0.6 is 11.6 Å². The molecule has 3 nitrogen and oxygen atoms in total. The highest BCUT2D eigenvalue weighted by molar-refractivity contribution is 6.32. The lowest BCUT2D eigenvalue weighted by atomic mass is 9.77. The van der Waals surface area contributed by atoms with Crippen LogP contribution in [-0.2, 0) is 15.6 Å². The molecule has 0 aromatic heterocycles. The van der Waals surface area contributed by atoms with Crippen molar-refractivity contribution >= 4 is 23.0 Å². The molecule has 2 heterocycles. The standard InChI is InChI=1S/C38H37ClN2O/c1-8-9-10-15-27-42-38(37(4,5)31-20-12-14-22-33(31)41(38)7)26-25-29-18-16-17-28(35(29)39)23-24-34-36(2,3)30-19-11-13-21-32(30)40(34)6/h1,11-14,19-26H,16-18H2,2-7H3. The molecular weight excluding hydrogens is 536 g/mol. The average Bonchev–Trinajstić information content (AvgIpc) is 3.28. The predicted molar refractivity (Wildman–Crippen MR) is 176 cm³/mol. The number of hydrogen-bond acceptors (Lipinski definition) is 3. The zero-order valence-electron chi connectivity index (χ0n) is 25.3. The molecular formula is C38H37ClN2O. The second-order valence-corrected chi connectivity index (χ2v) is 12.5. The smallest absolute Gasteiger partial charge is 0.222 e. The van der Waals surface area contributed by atoms with Crippen molar-refractivity contribution in [1.82, 2.24) is 0 Å².